The van der Waals surface area contributed by atoms with E-state index in [1.807, 2.05) is 17.5 Å². The van der Waals surface area contributed by atoms with E-state index >= 15 is 0 Å². The molecule has 1 aromatic carbocycles. The minimum atomic E-state index is 1.09. The van der Waals surface area contributed by atoms with Gasteiger partial charge >= 0.3 is 0 Å². The number of halogens is 1. The van der Waals surface area contributed by atoms with Crippen molar-refractivity contribution in [3.8, 4) is 0 Å². The number of benzene rings is 1. The van der Waals surface area contributed by atoms with Gasteiger partial charge in [0.05, 0.1) is 20.3 Å². The van der Waals surface area contributed by atoms with Gasteiger partial charge in [-0.25, -0.2) is 4.52 Å². The second-order valence-electron chi connectivity index (χ2n) is 3.59. The van der Waals surface area contributed by atoms with Crippen molar-refractivity contribution in [2.45, 2.75) is 6.92 Å². The van der Waals surface area contributed by atoms with Gasteiger partial charge in [0, 0.05) is 5.39 Å². The molecule has 3 heteroatoms. The highest BCUT2D eigenvalue weighted by Crippen LogP contribution is 2.22. The predicted octanol–water partition coefficient (Wildman–Crippen LogP) is 3.40. The lowest BCUT2D eigenvalue weighted by atomic mass is 10.2. The number of hydrogen-bond donors (Lipinski definition) is 0. The first-order chi connectivity index (χ1) is 7.27. The van der Waals surface area contributed by atoms with Crippen molar-refractivity contribution in [2.75, 3.05) is 0 Å². The van der Waals surface area contributed by atoms with Crippen molar-refractivity contribution in [2.24, 2.45) is 0 Å². The first-order valence-corrected chi connectivity index (χ1v) is 5.88. The van der Waals surface area contributed by atoms with Crippen LogP contribution in [0.2, 0.25) is 0 Å². The molecule has 2 heterocycles. The van der Waals surface area contributed by atoms with E-state index in [0.29, 0.717) is 0 Å². The molecule has 0 amide bonds. The van der Waals surface area contributed by atoms with Crippen molar-refractivity contribution >= 4 is 39.0 Å². The molecular weight excluding hydrogens is 299 g/mol. The van der Waals surface area contributed by atoms with Crippen LogP contribution in [-0.4, -0.2) is 9.61 Å². The summed E-state index contributed by atoms with van der Waals surface area (Å²) < 4.78 is 3.25. The van der Waals surface area contributed by atoms with E-state index in [1.54, 1.807) is 0 Å². The lowest BCUT2D eigenvalue weighted by molar-refractivity contribution is 0.971. The highest BCUT2D eigenvalue weighted by atomic mass is 127. The molecule has 0 radical (unpaired) electrons. The molecule has 0 bridgehead atoms. The zero-order chi connectivity index (χ0) is 10.4. The molecule has 0 spiro atoms. The maximum absolute atomic E-state index is 4.55. The van der Waals surface area contributed by atoms with Gasteiger partial charge in [-0.1, -0.05) is 24.3 Å². The van der Waals surface area contributed by atoms with Crippen LogP contribution in [0.3, 0.4) is 0 Å². The monoisotopic (exact) mass is 308 g/mol. The molecule has 3 rings (SSSR count). The fourth-order valence-corrected chi connectivity index (χ4v) is 2.36. The molecule has 0 N–H and O–H groups in total. The number of pyridine rings is 1. The zero-order valence-corrected chi connectivity index (χ0v) is 10.4. The van der Waals surface area contributed by atoms with Crippen molar-refractivity contribution in [1.29, 1.82) is 0 Å². The Balaban J connectivity index is 2.60. The first-order valence-electron chi connectivity index (χ1n) is 4.80. The second-order valence-corrected chi connectivity index (χ2v) is 4.67. The maximum atomic E-state index is 4.55. The molecule has 15 heavy (non-hydrogen) atoms. The molecule has 0 saturated heterocycles. The van der Waals surface area contributed by atoms with Gasteiger partial charge in [0.2, 0.25) is 0 Å². The van der Waals surface area contributed by atoms with Crippen LogP contribution in [0.1, 0.15) is 5.69 Å². The van der Waals surface area contributed by atoms with Gasteiger partial charge in [0.25, 0.3) is 0 Å². The summed E-state index contributed by atoms with van der Waals surface area (Å²) in [6.07, 6.45) is 0. The Morgan fingerprint density at radius 1 is 1.07 bits per heavy atom. The van der Waals surface area contributed by atoms with Crippen molar-refractivity contribution in [3.63, 3.8) is 0 Å². The van der Waals surface area contributed by atoms with Crippen LogP contribution >= 0.6 is 22.6 Å². The third-order valence-electron chi connectivity index (χ3n) is 2.61. The van der Waals surface area contributed by atoms with E-state index in [1.165, 1.54) is 20.0 Å². The highest BCUT2D eigenvalue weighted by molar-refractivity contribution is 14.1. The van der Waals surface area contributed by atoms with Gasteiger partial charge in [-0.05, 0) is 41.6 Å². The summed E-state index contributed by atoms with van der Waals surface area (Å²) >= 11 is 2.35. The number of aryl methyl sites for hydroxylation is 1. The number of para-hydroxylation sites is 1. The summed E-state index contributed by atoms with van der Waals surface area (Å²) in [4.78, 5) is 0. The topological polar surface area (TPSA) is 17.3 Å². The lowest BCUT2D eigenvalue weighted by Crippen LogP contribution is -1.89. The molecule has 0 aliphatic carbocycles. The summed E-state index contributed by atoms with van der Waals surface area (Å²) in [5, 5.41) is 5.78. The van der Waals surface area contributed by atoms with Crippen molar-refractivity contribution < 1.29 is 0 Å². The Labute approximate surface area is 101 Å². The van der Waals surface area contributed by atoms with Crippen LogP contribution in [0, 0.1) is 10.5 Å². The molecular formula is C12H9IN2. The Hall–Kier alpha value is -1.10. The van der Waals surface area contributed by atoms with Crippen LogP contribution in [-0.2, 0) is 0 Å². The van der Waals surface area contributed by atoms with Gasteiger partial charge in [-0.2, -0.15) is 5.10 Å². The molecule has 0 atom stereocenters. The van der Waals surface area contributed by atoms with Gasteiger partial charge in [-0.3, -0.25) is 0 Å². The largest absolute Gasteiger partial charge is 0.232 e. The zero-order valence-electron chi connectivity index (χ0n) is 8.24. The Morgan fingerprint density at radius 2 is 1.87 bits per heavy atom. The third kappa shape index (κ3) is 1.26. The smallest absolute Gasteiger partial charge is 0.0805 e. The van der Waals surface area contributed by atoms with E-state index in [9.17, 15) is 0 Å². The second kappa shape index (κ2) is 3.20. The molecule has 3 aromatic rings. The third-order valence-corrected chi connectivity index (χ3v) is 3.94. The van der Waals surface area contributed by atoms with Gasteiger partial charge < -0.3 is 0 Å². The molecule has 0 aliphatic heterocycles. The quantitative estimate of drug-likeness (QED) is 0.582. The first kappa shape index (κ1) is 9.15. The summed E-state index contributed by atoms with van der Waals surface area (Å²) in [6.45, 7) is 2.05. The molecule has 2 nitrogen and oxygen atoms in total. The maximum Gasteiger partial charge on any atom is 0.0805 e. The van der Waals surface area contributed by atoms with Crippen LogP contribution < -0.4 is 0 Å². The predicted molar refractivity (Wildman–Crippen MR) is 70.2 cm³/mol. The summed E-state index contributed by atoms with van der Waals surface area (Å²) in [7, 11) is 0. The van der Waals surface area contributed by atoms with Gasteiger partial charge in [0.15, 0.2) is 0 Å². The normalized spacial score (nSPS) is 11.3. The summed E-state index contributed by atoms with van der Waals surface area (Å²) in [6, 6.07) is 12.6. The molecule has 0 aliphatic rings. The molecule has 2 aromatic heterocycles. The van der Waals surface area contributed by atoms with E-state index in [-0.39, 0.29) is 0 Å². The standard InChI is InChI=1S/C12H9IN2/c1-8-12(13)11-7-6-9-4-2-3-5-10(9)15(11)14-8/h2-7H,1H3. The summed E-state index contributed by atoms with van der Waals surface area (Å²) in [5.41, 5.74) is 3.44. The number of hydrogen-bond acceptors (Lipinski definition) is 1. The van der Waals surface area contributed by atoms with Crippen molar-refractivity contribution in [3.05, 3.63) is 45.7 Å². The van der Waals surface area contributed by atoms with E-state index in [0.717, 1.165) is 5.69 Å². The Kier molecular flexibility index (Phi) is 1.95. The van der Waals surface area contributed by atoms with Crippen LogP contribution in [0.25, 0.3) is 16.4 Å². The van der Waals surface area contributed by atoms with Gasteiger partial charge in [0.1, 0.15) is 0 Å². The molecule has 0 unspecified atom stereocenters. The lowest BCUT2D eigenvalue weighted by Gasteiger charge is -2.00. The van der Waals surface area contributed by atoms with E-state index < -0.39 is 0 Å². The minimum Gasteiger partial charge on any atom is -0.232 e. The number of aromatic nitrogens is 2. The van der Waals surface area contributed by atoms with Crippen LogP contribution in [0.5, 0.6) is 0 Å². The fraction of sp³-hybridized carbons (Fsp3) is 0.0833. The fourth-order valence-electron chi connectivity index (χ4n) is 1.84. The minimum absolute atomic E-state index is 1.09. The van der Waals surface area contributed by atoms with Crippen molar-refractivity contribution in [1.82, 2.24) is 9.61 Å². The molecule has 0 fully saturated rings. The van der Waals surface area contributed by atoms with E-state index in [4.69, 9.17) is 0 Å². The highest BCUT2D eigenvalue weighted by Gasteiger charge is 2.07. The van der Waals surface area contributed by atoms with Gasteiger partial charge in [-0.15, -0.1) is 0 Å². The SMILES string of the molecule is Cc1nn2c(ccc3ccccc32)c1I. The molecule has 74 valence electrons. The number of rotatable bonds is 0. The average Bonchev–Trinajstić information content (AvgIpc) is 2.56. The van der Waals surface area contributed by atoms with E-state index in [2.05, 4.69) is 58.0 Å². The van der Waals surface area contributed by atoms with Crippen LogP contribution in [0.4, 0.5) is 0 Å². The number of nitrogens with zero attached hydrogens (tertiary/aromatic N) is 2. The average molecular weight is 308 g/mol. The Morgan fingerprint density at radius 3 is 2.73 bits per heavy atom. The van der Waals surface area contributed by atoms with Crippen LogP contribution in [0.15, 0.2) is 36.4 Å². The molecule has 0 saturated carbocycles. The number of fused-ring (bicyclic) bond motifs is 3. The Bertz CT molecular complexity index is 655. The summed E-state index contributed by atoms with van der Waals surface area (Å²) in [5.74, 6) is 0.